The fourth-order valence-corrected chi connectivity index (χ4v) is 5.09. The summed E-state index contributed by atoms with van der Waals surface area (Å²) in [4.78, 5) is 0.203. The monoisotopic (exact) mass is 436 g/mol. The molecule has 0 spiro atoms. The Balaban J connectivity index is 1.81. The molecule has 0 radical (unpaired) electrons. The molecule has 1 aliphatic rings. The number of hydrogen-bond donors (Lipinski definition) is 0. The van der Waals surface area contributed by atoms with Crippen LogP contribution in [0.25, 0.3) is 0 Å². The molecular formula is C24H24N2O4S. The van der Waals surface area contributed by atoms with E-state index in [2.05, 4.69) is 5.10 Å². The van der Waals surface area contributed by atoms with Crippen molar-refractivity contribution in [1.29, 1.82) is 0 Å². The summed E-state index contributed by atoms with van der Waals surface area (Å²) in [5.74, 6) is 1.13. The van der Waals surface area contributed by atoms with Gasteiger partial charge in [-0.15, -0.1) is 0 Å². The minimum Gasteiger partial charge on any atom is -0.493 e. The third-order valence-corrected chi connectivity index (χ3v) is 7.03. The summed E-state index contributed by atoms with van der Waals surface area (Å²) in [5.41, 5.74) is 3.54. The van der Waals surface area contributed by atoms with Crippen molar-refractivity contribution < 1.29 is 17.9 Å². The van der Waals surface area contributed by atoms with Crippen molar-refractivity contribution in [3.63, 3.8) is 0 Å². The van der Waals surface area contributed by atoms with E-state index in [1.165, 1.54) is 4.41 Å². The van der Waals surface area contributed by atoms with Gasteiger partial charge in [-0.2, -0.15) is 17.9 Å². The molecule has 1 aliphatic heterocycles. The first kappa shape index (κ1) is 20.9. The van der Waals surface area contributed by atoms with E-state index in [0.717, 1.165) is 22.4 Å². The molecule has 1 heterocycles. The number of rotatable bonds is 6. The molecule has 4 rings (SSSR count). The lowest BCUT2D eigenvalue weighted by atomic mass is 9.98. The molecule has 7 heteroatoms. The number of sulfonamides is 1. The second-order valence-corrected chi connectivity index (χ2v) is 9.13. The topological polar surface area (TPSA) is 68.2 Å². The third-order valence-electron chi connectivity index (χ3n) is 5.34. The number of hydrogen-bond acceptors (Lipinski definition) is 5. The van der Waals surface area contributed by atoms with Gasteiger partial charge in [-0.25, -0.2) is 0 Å². The summed E-state index contributed by atoms with van der Waals surface area (Å²) < 4.78 is 39.0. The standard InChI is InChI=1S/C24H24N2O4S/c1-17-9-11-18(12-10-17)21-16-22(19-13-14-23(29-2)24(15-19)30-3)26(25-21)31(27,28)20-7-5-4-6-8-20/h4-15,22H,16H2,1-3H3. The molecule has 0 N–H and O–H groups in total. The van der Waals surface area contributed by atoms with E-state index in [9.17, 15) is 8.42 Å². The second kappa shape index (κ2) is 8.43. The maximum Gasteiger partial charge on any atom is 0.279 e. The van der Waals surface area contributed by atoms with Gasteiger partial charge in [-0.05, 0) is 42.3 Å². The zero-order valence-corrected chi connectivity index (χ0v) is 18.5. The highest BCUT2D eigenvalue weighted by Gasteiger charge is 2.38. The maximum atomic E-state index is 13.5. The molecule has 0 fully saturated rings. The van der Waals surface area contributed by atoms with Crippen molar-refractivity contribution >= 4 is 15.7 Å². The van der Waals surface area contributed by atoms with Crippen LogP contribution >= 0.6 is 0 Å². The number of nitrogens with zero attached hydrogens (tertiary/aromatic N) is 2. The number of ether oxygens (including phenoxy) is 2. The SMILES string of the molecule is COc1ccc(C2CC(c3ccc(C)cc3)=NN2S(=O)(=O)c2ccccc2)cc1OC. The Hall–Kier alpha value is -3.32. The van der Waals surface area contributed by atoms with E-state index < -0.39 is 16.1 Å². The summed E-state index contributed by atoms with van der Waals surface area (Å²) in [6.45, 7) is 2.01. The Morgan fingerprint density at radius 2 is 1.58 bits per heavy atom. The Morgan fingerprint density at radius 3 is 2.23 bits per heavy atom. The molecule has 3 aromatic carbocycles. The van der Waals surface area contributed by atoms with Gasteiger partial charge in [0.1, 0.15) is 0 Å². The molecule has 0 bridgehead atoms. The Bertz CT molecular complexity index is 1210. The van der Waals surface area contributed by atoms with Crippen LogP contribution in [0, 0.1) is 6.92 Å². The van der Waals surface area contributed by atoms with Crippen LogP contribution in [0.15, 0.2) is 82.8 Å². The van der Waals surface area contributed by atoms with E-state index in [1.54, 1.807) is 50.6 Å². The molecule has 31 heavy (non-hydrogen) atoms. The van der Waals surface area contributed by atoms with Gasteiger partial charge in [0.15, 0.2) is 11.5 Å². The quantitative estimate of drug-likeness (QED) is 0.568. The van der Waals surface area contributed by atoms with Gasteiger partial charge in [-0.1, -0.05) is 54.1 Å². The van der Waals surface area contributed by atoms with Crippen LogP contribution in [0.4, 0.5) is 0 Å². The third kappa shape index (κ3) is 4.01. The van der Waals surface area contributed by atoms with E-state index >= 15 is 0 Å². The summed E-state index contributed by atoms with van der Waals surface area (Å²) in [6.07, 6.45) is 0.449. The van der Waals surface area contributed by atoms with Crippen LogP contribution in [0.1, 0.15) is 29.2 Å². The first-order valence-corrected chi connectivity index (χ1v) is 11.3. The van der Waals surface area contributed by atoms with Crippen molar-refractivity contribution in [2.24, 2.45) is 5.10 Å². The van der Waals surface area contributed by atoms with Gasteiger partial charge in [0.05, 0.1) is 30.9 Å². The summed E-state index contributed by atoms with van der Waals surface area (Å²) in [5, 5.41) is 4.58. The minimum atomic E-state index is -3.85. The molecule has 0 saturated heterocycles. The predicted octanol–water partition coefficient (Wildman–Crippen LogP) is 4.55. The lowest BCUT2D eigenvalue weighted by Gasteiger charge is -2.24. The lowest BCUT2D eigenvalue weighted by Crippen LogP contribution is -2.27. The van der Waals surface area contributed by atoms with Crippen LogP contribution < -0.4 is 9.47 Å². The summed E-state index contributed by atoms with van der Waals surface area (Å²) in [7, 11) is -0.721. The highest BCUT2D eigenvalue weighted by molar-refractivity contribution is 7.89. The van der Waals surface area contributed by atoms with Crippen molar-refractivity contribution in [3.05, 3.63) is 89.5 Å². The molecule has 0 amide bonds. The van der Waals surface area contributed by atoms with Crippen LogP contribution in [0.5, 0.6) is 11.5 Å². The van der Waals surface area contributed by atoms with E-state index in [4.69, 9.17) is 9.47 Å². The lowest BCUT2D eigenvalue weighted by molar-refractivity contribution is 0.348. The van der Waals surface area contributed by atoms with Gasteiger partial charge in [-0.3, -0.25) is 0 Å². The zero-order valence-electron chi connectivity index (χ0n) is 17.6. The van der Waals surface area contributed by atoms with E-state index in [-0.39, 0.29) is 4.90 Å². The molecule has 0 aromatic heterocycles. The molecule has 1 atom stereocenters. The fraction of sp³-hybridized carbons (Fsp3) is 0.208. The van der Waals surface area contributed by atoms with Gasteiger partial charge < -0.3 is 9.47 Å². The summed E-state index contributed by atoms with van der Waals surface area (Å²) >= 11 is 0. The normalized spacial score (nSPS) is 16.2. The molecule has 160 valence electrons. The van der Waals surface area contributed by atoms with Crippen LogP contribution in [0.3, 0.4) is 0 Å². The van der Waals surface area contributed by atoms with E-state index in [0.29, 0.717) is 17.9 Å². The Morgan fingerprint density at radius 1 is 0.903 bits per heavy atom. The van der Waals surface area contributed by atoms with Gasteiger partial charge >= 0.3 is 0 Å². The van der Waals surface area contributed by atoms with Gasteiger partial charge in [0.2, 0.25) is 0 Å². The van der Waals surface area contributed by atoms with Crippen molar-refractivity contribution in [2.75, 3.05) is 14.2 Å². The highest BCUT2D eigenvalue weighted by atomic mass is 32.2. The molecule has 0 aliphatic carbocycles. The molecular weight excluding hydrogens is 412 g/mol. The molecule has 1 unspecified atom stereocenters. The predicted molar refractivity (Wildman–Crippen MR) is 120 cm³/mol. The number of methoxy groups -OCH3 is 2. The van der Waals surface area contributed by atoms with Crippen molar-refractivity contribution in [2.45, 2.75) is 24.3 Å². The molecule has 6 nitrogen and oxygen atoms in total. The first-order valence-electron chi connectivity index (χ1n) is 9.90. The zero-order chi connectivity index (χ0) is 22.0. The van der Waals surface area contributed by atoms with Crippen molar-refractivity contribution in [3.8, 4) is 11.5 Å². The van der Waals surface area contributed by atoms with Crippen LogP contribution in [-0.2, 0) is 10.0 Å². The maximum absolute atomic E-state index is 13.5. The first-order chi connectivity index (χ1) is 14.9. The summed E-state index contributed by atoms with van der Waals surface area (Å²) in [6, 6.07) is 21.3. The average Bonchev–Trinajstić information content (AvgIpc) is 3.26. The van der Waals surface area contributed by atoms with Crippen LogP contribution in [-0.4, -0.2) is 32.8 Å². The van der Waals surface area contributed by atoms with Gasteiger partial charge in [0, 0.05) is 6.42 Å². The highest BCUT2D eigenvalue weighted by Crippen LogP contribution is 2.40. The largest absolute Gasteiger partial charge is 0.493 e. The average molecular weight is 437 g/mol. The Kier molecular flexibility index (Phi) is 5.69. The molecule has 0 saturated carbocycles. The van der Waals surface area contributed by atoms with E-state index in [1.807, 2.05) is 43.3 Å². The fourth-order valence-electron chi connectivity index (χ4n) is 3.64. The van der Waals surface area contributed by atoms with Crippen LogP contribution in [0.2, 0.25) is 0 Å². The minimum absolute atomic E-state index is 0.203. The van der Waals surface area contributed by atoms with Crippen molar-refractivity contribution in [1.82, 2.24) is 4.41 Å². The smallest absolute Gasteiger partial charge is 0.279 e. The van der Waals surface area contributed by atoms with Gasteiger partial charge in [0.25, 0.3) is 10.0 Å². The molecule has 3 aromatic rings. The number of hydrazone groups is 1. The number of aryl methyl sites for hydroxylation is 1. The number of benzene rings is 3. The second-order valence-electron chi connectivity index (χ2n) is 7.34. The Labute approximate surface area is 182 Å².